The summed E-state index contributed by atoms with van der Waals surface area (Å²) in [7, 11) is 4.19. The van der Waals surface area contributed by atoms with Crippen molar-refractivity contribution in [2.24, 2.45) is 0 Å². The van der Waals surface area contributed by atoms with Gasteiger partial charge < -0.3 is 5.32 Å². The molecule has 2 nitrogen and oxygen atoms in total. The Bertz CT molecular complexity index is 301. The highest BCUT2D eigenvalue weighted by Crippen LogP contribution is 2.24. The predicted octanol–water partition coefficient (Wildman–Crippen LogP) is 2.71. The quantitative estimate of drug-likeness (QED) is 0.811. The van der Waals surface area contributed by atoms with Crippen LogP contribution in [0.2, 0.25) is 0 Å². The molecule has 1 aromatic carbocycles. The van der Waals surface area contributed by atoms with E-state index in [1.807, 2.05) is 7.05 Å². The van der Waals surface area contributed by atoms with Gasteiger partial charge in [-0.1, -0.05) is 18.6 Å². The van der Waals surface area contributed by atoms with Crippen LogP contribution in [0, 0.1) is 0 Å². The van der Waals surface area contributed by atoms with E-state index in [0.717, 1.165) is 12.6 Å². The summed E-state index contributed by atoms with van der Waals surface area (Å²) < 4.78 is 0. The maximum Gasteiger partial charge on any atom is 0.0337 e. The standard InChI is InChI=1S/C13H20N2/c1-14-12-8-6-11(7-9-12)10-15(2)13-4-3-5-13/h6-9,13-14H,3-5,10H2,1-2H3. The van der Waals surface area contributed by atoms with Gasteiger partial charge in [-0.05, 0) is 37.6 Å². The summed E-state index contributed by atoms with van der Waals surface area (Å²) in [6.07, 6.45) is 4.17. The summed E-state index contributed by atoms with van der Waals surface area (Å²) in [5.74, 6) is 0. The molecule has 0 amide bonds. The smallest absolute Gasteiger partial charge is 0.0337 e. The number of hydrogen-bond acceptors (Lipinski definition) is 2. The minimum atomic E-state index is 0.828. The normalized spacial score (nSPS) is 16.5. The van der Waals surface area contributed by atoms with Gasteiger partial charge in [0.15, 0.2) is 0 Å². The molecule has 0 radical (unpaired) electrons. The second-order valence-corrected chi connectivity index (χ2v) is 4.45. The van der Waals surface area contributed by atoms with Crippen molar-refractivity contribution in [2.75, 3.05) is 19.4 Å². The van der Waals surface area contributed by atoms with Crippen LogP contribution in [0.15, 0.2) is 24.3 Å². The Morgan fingerprint density at radius 1 is 1.27 bits per heavy atom. The molecule has 1 aliphatic carbocycles. The van der Waals surface area contributed by atoms with E-state index in [2.05, 4.69) is 41.5 Å². The molecule has 0 saturated heterocycles. The molecule has 0 heterocycles. The summed E-state index contributed by atoms with van der Waals surface area (Å²) in [6, 6.07) is 9.53. The molecule has 1 saturated carbocycles. The van der Waals surface area contributed by atoms with Crippen molar-refractivity contribution in [1.82, 2.24) is 4.90 Å². The first kappa shape index (κ1) is 10.5. The van der Waals surface area contributed by atoms with Crippen molar-refractivity contribution in [2.45, 2.75) is 31.8 Å². The summed E-state index contributed by atoms with van der Waals surface area (Å²) in [4.78, 5) is 2.47. The summed E-state index contributed by atoms with van der Waals surface area (Å²) in [5, 5.41) is 3.14. The van der Waals surface area contributed by atoms with Gasteiger partial charge in [-0.3, -0.25) is 4.90 Å². The molecule has 0 aromatic heterocycles. The number of hydrogen-bond donors (Lipinski definition) is 1. The third-order valence-corrected chi connectivity index (χ3v) is 3.37. The Balaban J connectivity index is 1.91. The van der Waals surface area contributed by atoms with E-state index in [-0.39, 0.29) is 0 Å². The minimum absolute atomic E-state index is 0.828. The average molecular weight is 204 g/mol. The molecule has 15 heavy (non-hydrogen) atoms. The van der Waals surface area contributed by atoms with Crippen LogP contribution < -0.4 is 5.32 Å². The van der Waals surface area contributed by atoms with Crippen molar-refractivity contribution in [3.8, 4) is 0 Å². The molecule has 0 bridgehead atoms. The second kappa shape index (κ2) is 4.67. The maximum atomic E-state index is 3.14. The molecule has 82 valence electrons. The summed E-state index contributed by atoms with van der Waals surface area (Å²) in [6.45, 7) is 1.08. The largest absolute Gasteiger partial charge is 0.388 e. The van der Waals surface area contributed by atoms with Gasteiger partial charge in [0.25, 0.3) is 0 Å². The molecular weight excluding hydrogens is 184 g/mol. The fourth-order valence-corrected chi connectivity index (χ4v) is 2.02. The van der Waals surface area contributed by atoms with Crippen LogP contribution >= 0.6 is 0 Å². The topological polar surface area (TPSA) is 15.3 Å². The molecule has 1 fully saturated rings. The summed E-state index contributed by atoms with van der Waals surface area (Å²) in [5.41, 5.74) is 2.59. The zero-order valence-electron chi connectivity index (χ0n) is 9.66. The lowest BCUT2D eigenvalue weighted by molar-refractivity contribution is 0.152. The van der Waals surface area contributed by atoms with E-state index < -0.39 is 0 Å². The third-order valence-electron chi connectivity index (χ3n) is 3.37. The van der Waals surface area contributed by atoms with Crippen molar-refractivity contribution in [3.05, 3.63) is 29.8 Å². The lowest BCUT2D eigenvalue weighted by atomic mass is 9.91. The van der Waals surface area contributed by atoms with Crippen LogP contribution in [0.4, 0.5) is 5.69 Å². The predicted molar refractivity (Wildman–Crippen MR) is 65.1 cm³/mol. The monoisotopic (exact) mass is 204 g/mol. The van der Waals surface area contributed by atoms with Gasteiger partial charge in [-0.25, -0.2) is 0 Å². The van der Waals surface area contributed by atoms with Gasteiger partial charge in [0.2, 0.25) is 0 Å². The first-order valence-electron chi connectivity index (χ1n) is 5.76. The van der Waals surface area contributed by atoms with Crippen LogP contribution in [0.1, 0.15) is 24.8 Å². The van der Waals surface area contributed by atoms with E-state index in [1.54, 1.807) is 0 Å². The number of anilines is 1. The SMILES string of the molecule is CNc1ccc(CN(C)C2CCC2)cc1. The van der Waals surface area contributed by atoms with Crippen LogP contribution in [-0.2, 0) is 6.54 Å². The Morgan fingerprint density at radius 3 is 2.40 bits per heavy atom. The highest BCUT2D eigenvalue weighted by atomic mass is 15.1. The average Bonchev–Trinajstić information content (AvgIpc) is 2.16. The van der Waals surface area contributed by atoms with Crippen molar-refractivity contribution in [1.29, 1.82) is 0 Å². The number of rotatable bonds is 4. The van der Waals surface area contributed by atoms with Gasteiger partial charge in [0.1, 0.15) is 0 Å². The molecule has 0 atom stereocenters. The molecule has 1 aromatic rings. The third kappa shape index (κ3) is 2.51. The van der Waals surface area contributed by atoms with Crippen molar-refractivity contribution >= 4 is 5.69 Å². The van der Waals surface area contributed by atoms with E-state index in [0.29, 0.717) is 0 Å². The Kier molecular flexibility index (Phi) is 3.27. The van der Waals surface area contributed by atoms with Crippen LogP contribution in [0.3, 0.4) is 0 Å². The molecule has 1 N–H and O–H groups in total. The van der Waals surface area contributed by atoms with E-state index >= 15 is 0 Å². The maximum absolute atomic E-state index is 3.14. The van der Waals surface area contributed by atoms with Gasteiger partial charge >= 0.3 is 0 Å². The summed E-state index contributed by atoms with van der Waals surface area (Å²) >= 11 is 0. The van der Waals surface area contributed by atoms with Crippen LogP contribution in [0.5, 0.6) is 0 Å². The zero-order valence-corrected chi connectivity index (χ0v) is 9.66. The van der Waals surface area contributed by atoms with E-state index in [4.69, 9.17) is 0 Å². The highest BCUT2D eigenvalue weighted by Gasteiger charge is 2.21. The Morgan fingerprint density at radius 2 is 1.93 bits per heavy atom. The molecular formula is C13H20N2. The molecule has 2 rings (SSSR count). The first-order valence-corrected chi connectivity index (χ1v) is 5.76. The number of benzene rings is 1. The molecule has 0 spiro atoms. The Labute approximate surface area is 92.3 Å². The van der Waals surface area contributed by atoms with Crippen molar-refractivity contribution in [3.63, 3.8) is 0 Å². The highest BCUT2D eigenvalue weighted by molar-refractivity contribution is 5.43. The van der Waals surface area contributed by atoms with Gasteiger partial charge in [0, 0.05) is 25.3 Å². The fourth-order valence-electron chi connectivity index (χ4n) is 2.02. The Hall–Kier alpha value is -1.02. The lowest BCUT2D eigenvalue weighted by Gasteiger charge is -2.34. The van der Waals surface area contributed by atoms with Crippen molar-refractivity contribution < 1.29 is 0 Å². The number of nitrogens with zero attached hydrogens (tertiary/aromatic N) is 1. The first-order chi connectivity index (χ1) is 7.29. The van der Waals surface area contributed by atoms with Gasteiger partial charge in [-0.2, -0.15) is 0 Å². The fraction of sp³-hybridized carbons (Fsp3) is 0.538. The minimum Gasteiger partial charge on any atom is -0.388 e. The van der Waals surface area contributed by atoms with E-state index in [1.165, 1.54) is 30.5 Å². The van der Waals surface area contributed by atoms with Crippen LogP contribution in [-0.4, -0.2) is 25.0 Å². The van der Waals surface area contributed by atoms with Gasteiger partial charge in [-0.15, -0.1) is 0 Å². The lowest BCUT2D eigenvalue weighted by Crippen LogP contribution is -2.36. The van der Waals surface area contributed by atoms with E-state index in [9.17, 15) is 0 Å². The number of nitrogens with one attached hydrogen (secondary N) is 1. The van der Waals surface area contributed by atoms with Gasteiger partial charge in [0.05, 0.1) is 0 Å². The molecule has 1 aliphatic rings. The molecule has 2 heteroatoms. The second-order valence-electron chi connectivity index (χ2n) is 4.45. The molecule has 0 aliphatic heterocycles. The zero-order chi connectivity index (χ0) is 10.7. The van der Waals surface area contributed by atoms with Crippen LogP contribution in [0.25, 0.3) is 0 Å². The molecule has 0 unspecified atom stereocenters.